The second kappa shape index (κ2) is 7.60. The van der Waals surface area contributed by atoms with Gasteiger partial charge in [-0.15, -0.1) is 32.0 Å². The van der Waals surface area contributed by atoms with E-state index in [0.717, 1.165) is 12.8 Å². The minimum Gasteiger partial charge on any atom is -0.298 e. The zero-order valence-electron chi connectivity index (χ0n) is 18.0. The molecule has 0 aromatic heterocycles. The maximum atomic E-state index is 10.9. The summed E-state index contributed by atoms with van der Waals surface area (Å²) in [5.74, 6) is 0. The Bertz CT molecular complexity index is 645. The third-order valence-corrected chi connectivity index (χ3v) is 6.88. The molecule has 4 nitrogen and oxygen atoms in total. The molecule has 0 aromatic rings. The lowest BCUT2D eigenvalue weighted by molar-refractivity contribution is -0.0268. The predicted molar refractivity (Wildman–Crippen MR) is 119 cm³/mol. The Morgan fingerprint density at radius 2 is 1.43 bits per heavy atom. The van der Waals surface area contributed by atoms with Gasteiger partial charge in [-0.25, -0.2) is 0 Å². The van der Waals surface area contributed by atoms with Crippen molar-refractivity contribution in [2.75, 3.05) is 7.05 Å². The molecule has 0 aliphatic carbocycles. The van der Waals surface area contributed by atoms with Crippen LogP contribution in [0.25, 0.3) is 0 Å². The maximum Gasteiger partial charge on any atom is 0.0969 e. The molecule has 2 unspecified atom stereocenters. The van der Waals surface area contributed by atoms with Gasteiger partial charge in [-0.2, -0.15) is 10.4 Å². The minimum absolute atomic E-state index is 0.0190. The summed E-state index contributed by atoms with van der Waals surface area (Å²) in [5, 5.41) is 1.90. The monoisotopic (exact) mass is 379 g/mol. The fourth-order valence-electron chi connectivity index (χ4n) is 4.66. The highest BCUT2D eigenvalue weighted by molar-refractivity contribution is 5.53. The number of nitrogens with zero attached hydrogens (tertiary/aromatic N) is 4. The van der Waals surface area contributed by atoms with E-state index >= 15 is 0 Å². The average Bonchev–Trinajstić information content (AvgIpc) is 2.66. The lowest BCUT2D eigenvalue weighted by Gasteiger charge is -2.58. The van der Waals surface area contributed by atoms with Gasteiger partial charge < -0.3 is 0 Å². The molecule has 2 rings (SSSR count). The first-order chi connectivity index (χ1) is 13.0. The Morgan fingerprint density at radius 3 is 1.79 bits per heavy atom. The van der Waals surface area contributed by atoms with Gasteiger partial charge >= 0.3 is 0 Å². The van der Waals surface area contributed by atoms with Crippen LogP contribution < -0.4 is 11.2 Å². The van der Waals surface area contributed by atoms with E-state index in [-0.39, 0.29) is 11.6 Å². The van der Waals surface area contributed by atoms with Gasteiger partial charge in [0, 0.05) is 17.6 Å². The fraction of sp³-hybridized carbons (Fsp3) is 0.500. The normalized spacial score (nSPS) is 30.6. The van der Waals surface area contributed by atoms with E-state index < -0.39 is 17.1 Å². The van der Waals surface area contributed by atoms with E-state index in [4.69, 9.17) is 5.43 Å². The van der Waals surface area contributed by atoms with E-state index in [1.165, 1.54) is 0 Å². The first-order valence-corrected chi connectivity index (χ1v) is 9.82. The van der Waals surface area contributed by atoms with Crippen LogP contribution in [0.4, 0.5) is 0 Å². The van der Waals surface area contributed by atoms with Crippen LogP contribution in [-0.4, -0.2) is 51.7 Å². The van der Waals surface area contributed by atoms with Crippen LogP contribution in [0.5, 0.6) is 0 Å². The fourth-order valence-corrected chi connectivity index (χ4v) is 4.66. The Labute approximate surface area is 171 Å². The topological polar surface area (TPSA) is 42.9 Å². The predicted octanol–water partition coefficient (Wildman–Crippen LogP) is 3.85. The molecular weight excluding hydrogens is 344 g/mol. The maximum absolute atomic E-state index is 10.9. The third-order valence-electron chi connectivity index (χ3n) is 6.88. The van der Waals surface area contributed by atoms with Crippen LogP contribution in [0.15, 0.2) is 74.9 Å². The Hall–Kier alpha value is -1.72. The zero-order valence-corrected chi connectivity index (χ0v) is 18.0. The number of rotatable bonds is 6. The van der Waals surface area contributed by atoms with Gasteiger partial charge in [-0.05, 0) is 51.8 Å². The molecular formula is C24H35N4. The van der Waals surface area contributed by atoms with Crippen LogP contribution in [0.2, 0.25) is 0 Å². The van der Waals surface area contributed by atoms with Crippen LogP contribution in [0.3, 0.4) is 0 Å². The second-order valence-electron chi connectivity index (χ2n) is 8.71. The molecule has 4 heteroatoms. The van der Waals surface area contributed by atoms with Crippen molar-refractivity contribution in [3.63, 3.8) is 0 Å². The Morgan fingerprint density at radius 1 is 1.00 bits per heavy atom. The van der Waals surface area contributed by atoms with Crippen LogP contribution in [-0.2, 0) is 0 Å². The van der Waals surface area contributed by atoms with Crippen molar-refractivity contribution in [1.82, 2.24) is 21.1 Å². The lowest BCUT2D eigenvalue weighted by atomic mass is 9.69. The molecule has 0 spiro atoms. The number of hydrogen-bond acceptors (Lipinski definition) is 2. The molecule has 2 saturated heterocycles. The Balaban J connectivity index is 2.57. The van der Waals surface area contributed by atoms with Gasteiger partial charge in [0.25, 0.3) is 0 Å². The van der Waals surface area contributed by atoms with Crippen molar-refractivity contribution in [3.05, 3.63) is 74.9 Å². The molecule has 28 heavy (non-hydrogen) atoms. The van der Waals surface area contributed by atoms with E-state index in [0.29, 0.717) is 17.2 Å². The summed E-state index contributed by atoms with van der Waals surface area (Å²) >= 11 is 0. The first-order valence-electron chi connectivity index (χ1n) is 9.82. The van der Waals surface area contributed by atoms with Gasteiger partial charge in [0.2, 0.25) is 0 Å². The zero-order chi connectivity index (χ0) is 21.5. The van der Waals surface area contributed by atoms with Crippen molar-refractivity contribution in [2.45, 2.75) is 68.4 Å². The summed E-state index contributed by atoms with van der Waals surface area (Å²) in [4.78, 5) is 2.40. The van der Waals surface area contributed by atoms with E-state index in [1.807, 2.05) is 5.01 Å². The minimum atomic E-state index is -0.939. The van der Waals surface area contributed by atoms with Crippen molar-refractivity contribution >= 4 is 0 Å². The van der Waals surface area contributed by atoms with Crippen molar-refractivity contribution in [2.24, 2.45) is 0 Å². The lowest BCUT2D eigenvalue weighted by Crippen LogP contribution is -2.70. The summed E-state index contributed by atoms with van der Waals surface area (Å²) in [6.45, 7) is 31.1. The SMILES string of the molecule is C=CC1(C=C)C(=C)C([N])C(=C)C(C=C)(C=C)N1[N]C1CC(C)N(C)C(C)(C)C1. The molecule has 0 N–H and O–H groups in total. The van der Waals surface area contributed by atoms with E-state index in [1.54, 1.807) is 24.3 Å². The molecule has 3 radical (unpaired) electrons. The average molecular weight is 380 g/mol. The molecule has 2 aliphatic rings. The highest BCUT2D eigenvalue weighted by Gasteiger charge is 2.55. The Kier molecular flexibility index (Phi) is 6.13. The molecule has 0 saturated carbocycles. The molecule has 2 fully saturated rings. The van der Waals surface area contributed by atoms with Crippen molar-refractivity contribution in [1.29, 1.82) is 0 Å². The summed E-state index contributed by atoms with van der Waals surface area (Å²) in [6.07, 6.45) is 8.74. The number of piperidine rings is 2. The van der Waals surface area contributed by atoms with Crippen molar-refractivity contribution in [3.8, 4) is 0 Å². The molecule has 0 amide bonds. The molecule has 2 atom stereocenters. The van der Waals surface area contributed by atoms with Crippen LogP contribution in [0, 0.1) is 0 Å². The summed E-state index contributed by atoms with van der Waals surface area (Å²) < 4.78 is 0. The van der Waals surface area contributed by atoms with Gasteiger partial charge in [-0.1, -0.05) is 37.5 Å². The van der Waals surface area contributed by atoms with E-state index in [9.17, 15) is 5.73 Å². The molecule has 2 aliphatic heterocycles. The number of likely N-dealkylation sites (tertiary alicyclic amines) is 1. The van der Waals surface area contributed by atoms with Gasteiger partial charge in [-0.3, -0.25) is 4.90 Å². The first kappa shape index (κ1) is 22.6. The van der Waals surface area contributed by atoms with E-state index in [2.05, 4.69) is 72.2 Å². The van der Waals surface area contributed by atoms with Gasteiger partial charge in [0.15, 0.2) is 0 Å². The summed E-state index contributed by atoms with van der Waals surface area (Å²) in [7, 11) is 2.16. The number of hydrogen-bond donors (Lipinski definition) is 0. The second-order valence-corrected chi connectivity index (χ2v) is 8.71. The highest BCUT2D eigenvalue weighted by Crippen LogP contribution is 2.47. The van der Waals surface area contributed by atoms with Crippen LogP contribution >= 0.6 is 0 Å². The van der Waals surface area contributed by atoms with Crippen molar-refractivity contribution < 1.29 is 0 Å². The molecule has 2 heterocycles. The van der Waals surface area contributed by atoms with Crippen LogP contribution in [0.1, 0.15) is 33.6 Å². The quantitative estimate of drug-likeness (QED) is 0.658. The highest BCUT2D eigenvalue weighted by atomic mass is 15.6. The molecule has 0 aromatic carbocycles. The third kappa shape index (κ3) is 3.09. The summed E-state index contributed by atoms with van der Waals surface area (Å²) in [6, 6.07) is -0.468. The summed E-state index contributed by atoms with van der Waals surface area (Å²) in [5.41, 5.74) is 15.3. The van der Waals surface area contributed by atoms with Gasteiger partial charge in [0.05, 0.1) is 17.1 Å². The smallest absolute Gasteiger partial charge is 0.0969 e. The molecule has 0 bridgehead atoms. The standard InChI is InChI=1S/C24H35N4/c1-11-23(12-2)18(6)21(25)19(7)24(13-3,14-4)28(23)26-20-15-17(5)27(10)22(8,9)16-20/h11-14,17,20-21H,1-4,6-7,15-16H2,5,8-10H3. The van der Waals surface area contributed by atoms with Gasteiger partial charge in [0.1, 0.15) is 0 Å². The molecule has 151 valence electrons. The largest absolute Gasteiger partial charge is 0.298 e.